The third-order valence-electron chi connectivity index (χ3n) is 7.11. The molecule has 0 amide bonds. The zero-order valence-electron chi connectivity index (χ0n) is 38.7. The molecule has 1 radical (unpaired) electrons. The predicted molar refractivity (Wildman–Crippen MR) is 234 cm³/mol. The van der Waals surface area contributed by atoms with E-state index in [1.165, 1.54) is 0 Å². The summed E-state index contributed by atoms with van der Waals surface area (Å²) in [4.78, 5) is 23.1. The van der Waals surface area contributed by atoms with E-state index in [-0.39, 0.29) is 16.8 Å². The molecule has 22 nitrogen and oxygen atoms in total. The smallest absolute Gasteiger partial charge is 0.421 e. The van der Waals surface area contributed by atoms with Gasteiger partial charge in [-0.25, -0.2) is 63.6 Å². The summed E-state index contributed by atoms with van der Waals surface area (Å²) >= 11 is 0. The van der Waals surface area contributed by atoms with Gasteiger partial charge in [0, 0.05) is 114 Å². The third-order valence-corrected chi connectivity index (χ3v) is 12.6. The van der Waals surface area contributed by atoms with Gasteiger partial charge in [0.25, 0.3) is 0 Å². The third kappa shape index (κ3) is 29.8. The number of hydrogen-bond donors (Lipinski definition) is 0. The minimum atomic E-state index is -6.72. The average molecular weight is 1200 g/mol. The van der Waals surface area contributed by atoms with Crippen LogP contribution in [-0.4, -0.2) is 113 Å². The van der Waals surface area contributed by atoms with Gasteiger partial charge in [-0.15, -0.1) is 0 Å². The van der Waals surface area contributed by atoms with Crippen LogP contribution in [0.1, 0.15) is 41.5 Å². The Morgan fingerprint density at radius 3 is 0.493 bits per heavy atom. The van der Waals surface area contributed by atoms with Crippen molar-refractivity contribution in [3.63, 3.8) is 0 Å². The van der Waals surface area contributed by atoms with Crippen LogP contribution in [0.15, 0.2) is 112 Å². The van der Waals surface area contributed by atoms with Crippen LogP contribution in [0.4, 0.5) is 52.7 Å². The summed E-state index contributed by atoms with van der Waals surface area (Å²) in [6.45, 7) is 18.6. The summed E-state index contributed by atoms with van der Waals surface area (Å²) in [6.07, 6.45) is 33.2. The zero-order chi connectivity index (χ0) is 56.1. The quantitative estimate of drug-likeness (QED) is 0.120. The van der Waals surface area contributed by atoms with Crippen LogP contribution in [0.5, 0.6) is 0 Å². The first-order valence-corrected chi connectivity index (χ1v) is 25.2. The minimum absolute atomic E-state index is 0. The van der Waals surface area contributed by atoms with Crippen molar-refractivity contribution in [2.24, 2.45) is 0 Å². The summed E-state index contributed by atoms with van der Waals surface area (Å²) in [5, 5.41) is 0. The number of alkyl halides is 12. The Bertz CT molecular complexity index is 2270. The number of sulfonamides is 4. The first-order chi connectivity index (χ1) is 33.0. The van der Waals surface area contributed by atoms with E-state index in [1.807, 2.05) is 64.6 Å². The fraction of sp³-hybridized carbons (Fsp3) is 0.471. The van der Waals surface area contributed by atoms with Gasteiger partial charge in [-0.1, -0.05) is 0 Å². The van der Waals surface area contributed by atoms with Crippen molar-refractivity contribution in [1.82, 2.24) is 57.3 Å². The number of imidazole rings is 6. The molecule has 0 N–H and O–H groups in total. The minimum Gasteiger partial charge on any atom is -0.421 e. The second-order valence-corrected chi connectivity index (χ2v) is 19.0. The maximum atomic E-state index is 11.4. The molecular formula is C34H48CoF12N14O8S4. The van der Waals surface area contributed by atoms with E-state index >= 15 is 0 Å². The van der Waals surface area contributed by atoms with Gasteiger partial charge in [-0.3, -0.25) is 0 Å². The molecular weight excluding hydrogens is 1150 g/mol. The van der Waals surface area contributed by atoms with E-state index in [9.17, 15) is 86.4 Å². The molecule has 0 aliphatic rings. The fourth-order valence-electron chi connectivity index (χ4n) is 3.27. The molecule has 0 atom stereocenters. The van der Waals surface area contributed by atoms with E-state index in [2.05, 4.69) is 71.4 Å². The molecule has 0 unspecified atom stereocenters. The summed E-state index contributed by atoms with van der Waals surface area (Å²) < 4.78 is 230. The largest absolute Gasteiger partial charge is 2.00 e. The second-order valence-electron chi connectivity index (χ2n) is 12.2. The van der Waals surface area contributed by atoms with E-state index in [0.717, 1.165) is 47.5 Å². The Hall–Kier alpha value is -5.35. The molecule has 6 aromatic rings. The van der Waals surface area contributed by atoms with E-state index < -0.39 is 62.1 Å². The monoisotopic (exact) mass is 1200 g/mol. The molecule has 0 saturated heterocycles. The van der Waals surface area contributed by atoms with Gasteiger partial charge in [-0.2, -0.15) is 52.7 Å². The van der Waals surface area contributed by atoms with E-state index in [0.29, 0.717) is 0 Å². The first kappa shape index (κ1) is 71.9. The second kappa shape index (κ2) is 33.5. The molecule has 73 heavy (non-hydrogen) atoms. The summed E-state index contributed by atoms with van der Waals surface area (Å²) in [6, 6.07) is 0. The number of rotatable bonds is 10. The van der Waals surface area contributed by atoms with Crippen LogP contribution in [0.2, 0.25) is 0 Å². The summed E-state index contributed by atoms with van der Waals surface area (Å²) in [5.74, 6) is 0. The Morgan fingerprint density at radius 1 is 0.315 bits per heavy atom. The molecule has 0 aliphatic heterocycles. The van der Waals surface area contributed by atoms with Crippen LogP contribution in [-0.2, 0) is 96.1 Å². The predicted octanol–water partition coefficient (Wildman–Crippen LogP) is 7.53. The summed E-state index contributed by atoms with van der Waals surface area (Å²) in [5.41, 5.74) is -24.8. The molecule has 0 saturated carbocycles. The van der Waals surface area contributed by atoms with Crippen LogP contribution in [0, 0.1) is 0 Å². The number of hydrogen-bond acceptors (Lipinski definition) is 14. The molecule has 39 heteroatoms. The Labute approximate surface area is 422 Å². The van der Waals surface area contributed by atoms with Crippen LogP contribution >= 0.6 is 0 Å². The summed E-state index contributed by atoms with van der Waals surface area (Å²) in [7, 11) is -26.9. The van der Waals surface area contributed by atoms with Crippen molar-refractivity contribution in [3.05, 3.63) is 121 Å². The number of halogens is 12. The molecule has 0 fully saturated rings. The van der Waals surface area contributed by atoms with E-state index in [4.69, 9.17) is 0 Å². The maximum Gasteiger partial charge on any atom is 2.00 e. The molecule has 6 rings (SSSR count). The standard InChI is InChI=1S/6C5H8N2.2C2F6NO4S2.Co/c6*1-2-7-4-3-6-5-7;2*3-1(4,5)14(10,11)9-15(12,13)2(6,7)8;/h6*3-5H,2H2,1H3;;;/q;;;;;;2*-1;+2. The molecule has 0 aliphatic carbocycles. The van der Waals surface area contributed by atoms with Gasteiger partial charge in [0.1, 0.15) is 0 Å². The number of aryl methyl sites for hydroxylation is 6. The van der Waals surface area contributed by atoms with Crippen LogP contribution in [0.25, 0.3) is 8.25 Å². The molecule has 0 bridgehead atoms. The molecule has 419 valence electrons. The van der Waals surface area contributed by atoms with Gasteiger partial charge in [0.2, 0.25) is 0 Å². The van der Waals surface area contributed by atoms with Crippen molar-refractivity contribution in [2.45, 2.75) is 103 Å². The topological polar surface area (TPSA) is 272 Å². The molecule has 0 aromatic carbocycles. The van der Waals surface area contributed by atoms with Crippen molar-refractivity contribution >= 4 is 40.1 Å². The van der Waals surface area contributed by atoms with Crippen LogP contribution in [0.3, 0.4) is 0 Å². The molecule has 0 spiro atoms. The molecule has 6 heterocycles. The fourth-order valence-corrected chi connectivity index (χ4v) is 6.69. The van der Waals surface area contributed by atoms with Crippen molar-refractivity contribution in [1.29, 1.82) is 0 Å². The maximum absolute atomic E-state index is 11.4. The number of aromatic nitrogens is 12. The van der Waals surface area contributed by atoms with Crippen LogP contribution < -0.4 is 0 Å². The van der Waals surface area contributed by atoms with Crippen molar-refractivity contribution in [2.75, 3.05) is 0 Å². The Morgan fingerprint density at radius 2 is 0.438 bits per heavy atom. The van der Waals surface area contributed by atoms with Gasteiger partial charge in [0.05, 0.1) is 38.0 Å². The Kier molecular flexibility index (Phi) is 33.0. The Balaban J connectivity index is -0.000000783. The normalized spacial score (nSPS) is 11.6. The average Bonchev–Trinajstić information content (AvgIpc) is 4.14. The van der Waals surface area contributed by atoms with Gasteiger partial charge < -0.3 is 35.7 Å². The first-order valence-electron chi connectivity index (χ1n) is 19.5. The van der Waals surface area contributed by atoms with Gasteiger partial charge in [0.15, 0.2) is 40.1 Å². The van der Waals surface area contributed by atoms with Gasteiger partial charge in [-0.05, 0) is 41.5 Å². The zero-order valence-corrected chi connectivity index (χ0v) is 43.0. The van der Waals surface area contributed by atoms with Gasteiger partial charge >= 0.3 is 38.8 Å². The molecule has 6 aromatic heterocycles. The van der Waals surface area contributed by atoms with Crippen molar-refractivity contribution in [3.8, 4) is 0 Å². The van der Waals surface area contributed by atoms with E-state index in [1.54, 1.807) is 75.1 Å². The number of nitrogens with zero attached hydrogens (tertiary/aromatic N) is 14. The van der Waals surface area contributed by atoms with Crippen molar-refractivity contribution < 1.29 is 103 Å². The SMILES string of the molecule is CCn1ccnc1.CCn1ccnc1.CCn1ccnc1.CCn1ccnc1.CCn1ccnc1.CCn1ccnc1.O=S(=O)([N-]S(=O)(=O)C(F)(F)F)C(F)(F)F.O=S(=O)([N-]S(=O)(=O)C(F)(F)F)C(F)(F)F.[Co+2].